The third-order valence-corrected chi connectivity index (χ3v) is 4.22. The van der Waals surface area contributed by atoms with Crippen LogP contribution in [-0.4, -0.2) is 27.9 Å². The average Bonchev–Trinajstić information content (AvgIpc) is 2.88. The lowest BCUT2D eigenvalue weighted by molar-refractivity contribution is -0.141. The van der Waals surface area contributed by atoms with Gasteiger partial charge in [-0.25, -0.2) is 0 Å². The molecular weight excluding hydrogens is 296 g/mol. The maximum Gasteiger partial charge on any atom is 0.309 e. The van der Waals surface area contributed by atoms with Crippen LogP contribution in [0.4, 0.5) is 0 Å². The minimum Gasteiger partial charge on any atom is -0.508 e. The van der Waals surface area contributed by atoms with Crippen molar-refractivity contribution in [2.75, 3.05) is 6.61 Å². The predicted octanol–water partition coefficient (Wildman–Crippen LogP) is 2.16. The first-order chi connectivity index (χ1) is 11.0. The lowest BCUT2D eigenvalue weighted by Crippen LogP contribution is -2.24. The second kappa shape index (κ2) is 6.30. The van der Waals surface area contributed by atoms with Crippen molar-refractivity contribution in [3.05, 3.63) is 59.7 Å². The van der Waals surface area contributed by atoms with E-state index in [9.17, 15) is 20.1 Å². The van der Waals surface area contributed by atoms with E-state index in [0.29, 0.717) is 12.0 Å². The first kappa shape index (κ1) is 15.4. The van der Waals surface area contributed by atoms with Crippen LogP contribution in [-0.2, 0) is 16.0 Å². The molecule has 5 nitrogen and oxygen atoms in total. The second-order valence-corrected chi connectivity index (χ2v) is 5.81. The molecule has 3 atom stereocenters. The Labute approximate surface area is 133 Å². The molecule has 23 heavy (non-hydrogen) atoms. The summed E-state index contributed by atoms with van der Waals surface area (Å²) in [5, 5.41) is 29.7. The number of phenolic OH excluding ortho intramolecular Hbond substituents is 2. The van der Waals surface area contributed by atoms with Crippen LogP contribution in [0.15, 0.2) is 48.5 Å². The number of aromatic hydroxyl groups is 2. The van der Waals surface area contributed by atoms with E-state index in [1.807, 2.05) is 6.07 Å². The Balaban J connectivity index is 1.82. The van der Waals surface area contributed by atoms with Crippen molar-refractivity contribution in [3.63, 3.8) is 0 Å². The summed E-state index contributed by atoms with van der Waals surface area (Å²) in [6.07, 6.45) is -0.524. The van der Waals surface area contributed by atoms with E-state index in [0.717, 1.165) is 5.56 Å². The maximum atomic E-state index is 12.0. The number of carbonyl (C=O) groups excluding carboxylic acids is 1. The van der Waals surface area contributed by atoms with Gasteiger partial charge in [-0.15, -0.1) is 0 Å². The summed E-state index contributed by atoms with van der Waals surface area (Å²) in [5.41, 5.74) is 1.36. The van der Waals surface area contributed by atoms with Crippen molar-refractivity contribution in [1.82, 2.24) is 0 Å². The third-order valence-electron chi connectivity index (χ3n) is 4.22. The van der Waals surface area contributed by atoms with Gasteiger partial charge in [-0.1, -0.05) is 24.3 Å². The minimum absolute atomic E-state index is 0.0660. The largest absolute Gasteiger partial charge is 0.508 e. The van der Waals surface area contributed by atoms with Crippen LogP contribution in [0, 0.1) is 11.8 Å². The van der Waals surface area contributed by atoms with Gasteiger partial charge < -0.3 is 20.1 Å². The van der Waals surface area contributed by atoms with E-state index in [4.69, 9.17) is 4.74 Å². The lowest BCUT2D eigenvalue weighted by atomic mass is 9.83. The fraction of sp³-hybridized carbons (Fsp3) is 0.278. The zero-order valence-corrected chi connectivity index (χ0v) is 12.4. The van der Waals surface area contributed by atoms with E-state index in [2.05, 4.69) is 0 Å². The van der Waals surface area contributed by atoms with Gasteiger partial charge in [0.2, 0.25) is 0 Å². The molecule has 0 radical (unpaired) electrons. The molecule has 3 N–H and O–H groups in total. The van der Waals surface area contributed by atoms with Gasteiger partial charge in [0.15, 0.2) is 0 Å². The first-order valence-electron chi connectivity index (χ1n) is 7.46. The Morgan fingerprint density at radius 3 is 2.48 bits per heavy atom. The Hall–Kier alpha value is -2.53. The molecule has 5 heteroatoms. The highest BCUT2D eigenvalue weighted by Crippen LogP contribution is 2.36. The molecule has 1 aliphatic heterocycles. The standard InChI is InChI=1S/C18H18O5/c19-13-5-1-3-11(7-13)8-15-16(10-23-18(15)22)17(21)12-4-2-6-14(20)9-12/h1-7,9,15-17,19-21H,8,10H2/t15-,16+,17+/m1/s1. The Morgan fingerprint density at radius 2 is 1.78 bits per heavy atom. The summed E-state index contributed by atoms with van der Waals surface area (Å²) in [5.74, 6) is -1.03. The Morgan fingerprint density at radius 1 is 1.09 bits per heavy atom. The van der Waals surface area contributed by atoms with Crippen molar-refractivity contribution in [3.8, 4) is 11.5 Å². The van der Waals surface area contributed by atoms with Crippen LogP contribution in [0.25, 0.3) is 0 Å². The van der Waals surface area contributed by atoms with E-state index >= 15 is 0 Å². The molecule has 0 saturated carbocycles. The predicted molar refractivity (Wildman–Crippen MR) is 82.8 cm³/mol. The van der Waals surface area contributed by atoms with Crippen molar-refractivity contribution < 1.29 is 24.9 Å². The molecule has 0 aliphatic carbocycles. The molecule has 3 rings (SSSR count). The summed E-state index contributed by atoms with van der Waals surface area (Å²) in [6, 6.07) is 13.1. The molecule has 0 bridgehead atoms. The quantitative estimate of drug-likeness (QED) is 0.753. The number of hydrogen-bond acceptors (Lipinski definition) is 5. The number of ether oxygens (including phenoxy) is 1. The third kappa shape index (κ3) is 3.29. The fourth-order valence-electron chi connectivity index (χ4n) is 3.02. The molecule has 0 unspecified atom stereocenters. The Kier molecular flexibility index (Phi) is 4.21. The zero-order valence-electron chi connectivity index (χ0n) is 12.4. The van der Waals surface area contributed by atoms with Gasteiger partial charge in [0.1, 0.15) is 11.5 Å². The first-order valence-corrected chi connectivity index (χ1v) is 7.46. The number of rotatable bonds is 4. The topological polar surface area (TPSA) is 87.0 Å². The van der Waals surface area contributed by atoms with Crippen molar-refractivity contribution in [2.45, 2.75) is 12.5 Å². The molecule has 1 saturated heterocycles. The van der Waals surface area contributed by atoms with E-state index in [-0.39, 0.29) is 24.1 Å². The van der Waals surface area contributed by atoms with Gasteiger partial charge in [-0.05, 0) is 41.8 Å². The molecule has 1 fully saturated rings. The molecular formula is C18H18O5. The van der Waals surface area contributed by atoms with Crippen molar-refractivity contribution in [1.29, 1.82) is 0 Å². The molecule has 2 aromatic rings. The van der Waals surface area contributed by atoms with Crippen LogP contribution in [0.2, 0.25) is 0 Å². The highest BCUT2D eigenvalue weighted by atomic mass is 16.5. The lowest BCUT2D eigenvalue weighted by Gasteiger charge is -2.21. The minimum atomic E-state index is -0.907. The number of esters is 1. The number of hydrogen-bond donors (Lipinski definition) is 3. The van der Waals surface area contributed by atoms with E-state index < -0.39 is 17.9 Å². The molecule has 1 aliphatic rings. The zero-order chi connectivity index (χ0) is 16.4. The average molecular weight is 314 g/mol. The van der Waals surface area contributed by atoms with Gasteiger partial charge >= 0.3 is 5.97 Å². The van der Waals surface area contributed by atoms with Crippen LogP contribution in [0.1, 0.15) is 17.2 Å². The molecule has 0 aromatic heterocycles. The number of cyclic esters (lactones) is 1. The molecule has 0 amide bonds. The SMILES string of the molecule is O=C1OC[C@H]([C@@H](O)c2cccc(O)c2)[C@H]1Cc1cccc(O)c1. The second-order valence-electron chi connectivity index (χ2n) is 5.81. The summed E-state index contributed by atoms with van der Waals surface area (Å²) in [6.45, 7) is 0.138. The van der Waals surface area contributed by atoms with Crippen molar-refractivity contribution in [2.24, 2.45) is 11.8 Å². The Bertz CT molecular complexity index is 712. The highest BCUT2D eigenvalue weighted by molar-refractivity contribution is 5.75. The smallest absolute Gasteiger partial charge is 0.309 e. The van der Waals surface area contributed by atoms with E-state index in [1.54, 1.807) is 30.3 Å². The normalized spacial score (nSPS) is 21.9. The number of aliphatic hydroxyl groups is 1. The monoisotopic (exact) mass is 314 g/mol. The van der Waals surface area contributed by atoms with Gasteiger partial charge in [-0.3, -0.25) is 4.79 Å². The molecule has 0 spiro atoms. The van der Waals surface area contributed by atoms with Crippen LogP contribution in [0.3, 0.4) is 0 Å². The van der Waals surface area contributed by atoms with Gasteiger partial charge in [0.05, 0.1) is 18.6 Å². The van der Waals surface area contributed by atoms with Crippen LogP contribution < -0.4 is 0 Å². The molecule has 1 heterocycles. The number of benzene rings is 2. The fourth-order valence-corrected chi connectivity index (χ4v) is 3.02. The molecule has 120 valence electrons. The van der Waals surface area contributed by atoms with Gasteiger partial charge in [0.25, 0.3) is 0 Å². The highest BCUT2D eigenvalue weighted by Gasteiger charge is 2.41. The van der Waals surface area contributed by atoms with Crippen LogP contribution >= 0.6 is 0 Å². The summed E-state index contributed by atoms with van der Waals surface area (Å²) >= 11 is 0. The van der Waals surface area contributed by atoms with Gasteiger partial charge in [0, 0.05) is 5.92 Å². The van der Waals surface area contributed by atoms with Crippen LogP contribution in [0.5, 0.6) is 11.5 Å². The number of aliphatic hydroxyl groups excluding tert-OH is 1. The van der Waals surface area contributed by atoms with Crippen molar-refractivity contribution >= 4 is 5.97 Å². The summed E-state index contributed by atoms with van der Waals surface area (Å²) < 4.78 is 5.13. The number of carbonyl (C=O) groups is 1. The summed E-state index contributed by atoms with van der Waals surface area (Å²) in [4.78, 5) is 12.0. The maximum absolute atomic E-state index is 12.0. The summed E-state index contributed by atoms with van der Waals surface area (Å²) in [7, 11) is 0. The number of phenols is 2. The van der Waals surface area contributed by atoms with Gasteiger partial charge in [-0.2, -0.15) is 0 Å². The van der Waals surface area contributed by atoms with E-state index in [1.165, 1.54) is 12.1 Å². The molecule has 2 aromatic carbocycles.